The van der Waals surface area contributed by atoms with Crippen molar-refractivity contribution in [3.63, 3.8) is 0 Å². The van der Waals surface area contributed by atoms with E-state index in [2.05, 4.69) is 15.3 Å². The first-order valence-corrected chi connectivity index (χ1v) is 13.1. The number of hydrogen-bond donors (Lipinski definition) is 1. The highest BCUT2D eigenvalue weighted by molar-refractivity contribution is 6.10. The van der Waals surface area contributed by atoms with Crippen molar-refractivity contribution >= 4 is 28.5 Å². The van der Waals surface area contributed by atoms with E-state index in [1.54, 1.807) is 49.0 Å². The Bertz CT molecular complexity index is 1650. The molecule has 0 saturated heterocycles. The molecule has 2 aliphatic carbocycles. The van der Waals surface area contributed by atoms with Crippen LogP contribution in [0.5, 0.6) is 0 Å². The van der Waals surface area contributed by atoms with E-state index in [0.717, 1.165) is 12.8 Å². The van der Waals surface area contributed by atoms with Gasteiger partial charge in [-0.25, -0.2) is 24.0 Å². The second-order valence-electron chi connectivity index (χ2n) is 11.4. The van der Waals surface area contributed by atoms with Gasteiger partial charge in [-0.2, -0.15) is 5.10 Å². The van der Waals surface area contributed by atoms with Gasteiger partial charge < -0.3 is 5.32 Å². The molecular formula is C29H27FN6O2. The van der Waals surface area contributed by atoms with Crippen molar-refractivity contribution in [1.82, 2.24) is 24.7 Å². The highest BCUT2D eigenvalue weighted by Crippen LogP contribution is 2.63. The summed E-state index contributed by atoms with van der Waals surface area (Å²) in [7, 11) is 0. The smallest absolute Gasteiger partial charge is 0.235 e. The summed E-state index contributed by atoms with van der Waals surface area (Å²) in [4.78, 5) is 40.7. The Hall–Kier alpha value is -4.01. The van der Waals surface area contributed by atoms with Gasteiger partial charge >= 0.3 is 0 Å². The van der Waals surface area contributed by atoms with E-state index in [4.69, 9.17) is 10.1 Å². The van der Waals surface area contributed by atoms with Crippen molar-refractivity contribution in [2.45, 2.75) is 57.9 Å². The predicted molar refractivity (Wildman–Crippen MR) is 139 cm³/mol. The average molecular weight is 511 g/mol. The Balaban J connectivity index is 1.36. The van der Waals surface area contributed by atoms with Crippen molar-refractivity contribution in [1.29, 1.82) is 0 Å². The number of pyridine rings is 1. The number of Topliss-reactive ketones (excluding diaryl/α,β-unsaturated/α-hetero) is 1. The van der Waals surface area contributed by atoms with Crippen molar-refractivity contribution in [2.24, 2.45) is 11.3 Å². The lowest BCUT2D eigenvalue weighted by molar-refractivity contribution is -0.119. The fraction of sp³-hybridized carbons (Fsp3) is 0.379. The average Bonchev–Trinajstić information content (AvgIpc) is 3.82. The molecule has 2 saturated carbocycles. The highest BCUT2D eigenvalue weighted by Gasteiger charge is 2.55. The molecule has 0 radical (unpaired) electrons. The van der Waals surface area contributed by atoms with E-state index in [1.165, 1.54) is 18.9 Å². The number of benzene rings is 1. The third-order valence-corrected chi connectivity index (χ3v) is 8.44. The molecule has 1 amide bonds. The highest BCUT2D eigenvalue weighted by atomic mass is 19.1. The molecule has 9 heteroatoms. The van der Waals surface area contributed by atoms with Gasteiger partial charge in [0.15, 0.2) is 17.3 Å². The van der Waals surface area contributed by atoms with Gasteiger partial charge in [-0.05, 0) is 69.1 Å². The molecule has 0 bridgehead atoms. The molecule has 0 spiro atoms. The maximum Gasteiger partial charge on any atom is 0.235 e. The lowest BCUT2D eigenvalue weighted by Gasteiger charge is -2.19. The summed E-state index contributed by atoms with van der Waals surface area (Å²) in [6.07, 6.45) is 6.60. The monoisotopic (exact) mass is 510 g/mol. The van der Waals surface area contributed by atoms with Crippen LogP contribution in [0.1, 0.15) is 67.6 Å². The number of nitrogens with zero attached hydrogens (tertiary/aromatic N) is 5. The predicted octanol–water partition coefficient (Wildman–Crippen LogP) is 5.07. The fourth-order valence-corrected chi connectivity index (χ4v) is 5.89. The largest absolute Gasteiger partial charge is 0.310 e. The maximum absolute atomic E-state index is 14.4. The first-order chi connectivity index (χ1) is 18.3. The van der Waals surface area contributed by atoms with Crippen LogP contribution >= 0.6 is 0 Å². The van der Waals surface area contributed by atoms with E-state index >= 15 is 0 Å². The minimum atomic E-state index is -0.928. The van der Waals surface area contributed by atoms with E-state index in [1.807, 2.05) is 6.07 Å². The molecular weight excluding hydrogens is 483 g/mol. The summed E-state index contributed by atoms with van der Waals surface area (Å²) in [6, 6.07) is 10.2. The standard InChI is InChI=1S/C29H27FN6O2/c1-28(2)21-23(20(37)14-29(11-12-29)17-9-10-17)32-25(33-24(21)34-27(28)38)22-18-7-5-13-31-26(18)36(35-22)15-16-6-3-4-8-19(16)30/h3-8,13,17H,9-12,14-15H2,1-2H3,(H,32,33,34,38). The molecule has 38 heavy (non-hydrogen) atoms. The van der Waals surface area contributed by atoms with Crippen molar-refractivity contribution in [3.8, 4) is 11.5 Å². The number of hydrogen-bond acceptors (Lipinski definition) is 6. The zero-order chi connectivity index (χ0) is 26.2. The number of fused-ring (bicyclic) bond motifs is 2. The first-order valence-electron chi connectivity index (χ1n) is 13.1. The van der Waals surface area contributed by atoms with Crippen molar-refractivity contribution < 1.29 is 14.0 Å². The molecule has 2 fully saturated rings. The number of halogens is 1. The van der Waals surface area contributed by atoms with Gasteiger partial charge in [0.25, 0.3) is 0 Å². The molecule has 3 aliphatic rings. The van der Waals surface area contributed by atoms with Crippen LogP contribution in [0.4, 0.5) is 10.2 Å². The SMILES string of the molecule is CC1(C)C(=O)Nc2nc(-c3nn(Cc4ccccc4F)c4ncccc34)nc(C(=O)CC3(C4CC4)CC3)c21. The van der Waals surface area contributed by atoms with Gasteiger partial charge in [-0.1, -0.05) is 18.2 Å². The second-order valence-corrected chi connectivity index (χ2v) is 11.4. The minimum Gasteiger partial charge on any atom is -0.310 e. The third-order valence-electron chi connectivity index (χ3n) is 8.44. The molecule has 3 aromatic heterocycles. The molecule has 7 rings (SSSR count). The van der Waals surface area contributed by atoms with Crippen molar-refractivity contribution in [3.05, 3.63) is 65.2 Å². The molecule has 0 atom stereocenters. The molecule has 4 aromatic rings. The minimum absolute atomic E-state index is 0.0490. The Morgan fingerprint density at radius 1 is 1.13 bits per heavy atom. The van der Waals surface area contributed by atoms with Gasteiger partial charge in [0.2, 0.25) is 5.91 Å². The molecule has 192 valence electrons. The van der Waals surface area contributed by atoms with Gasteiger partial charge in [0.1, 0.15) is 23.0 Å². The molecule has 1 aliphatic heterocycles. The summed E-state index contributed by atoms with van der Waals surface area (Å²) < 4.78 is 16.1. The van der Waals surface area contributed by atoms with Crippen LogP contribution < -0.4 is 5.32 Å². The van der Waals surface area contributed by atoms with Crippen LogP contribution in [0.15, 0.2) is 42.6 Å². The number of nitrogens with one attached hydrogen (secondary N) is 1. The van der Waals surface area contributed by atoms with Crippen LogP contribution in [0, 0.1) is 17.2 Å². The number of amides is 1. The van der Waals surface area contributed by atoms with Crippen LogP contribution in [-0.2, 0) is 16.8 Å². The Labute approximate surface area is 218 Å². The number of aromatic nitrogens is 5. The Morgan fingerprint density at radius 3 is 2.66 bits per heavy atom. The topological polar surface area (TPSA) is 103 Å². The third kappa shape index (κ3) is 3.55. The lowest BCUT2D eigenvalue weighted by atomic mass is 9.83. The molecule has 0 unspecified atom stereocenters. The quantitative estimate of drug-likeness (QED) is 0.348. The molecule has 4 heterocycles. The van der Waals surface area contributed by atoms with Crippen LogP contribution in [0.3, 0.4) is 0 Å². The van der Waals surface area contributed by atoms with Gasteiger partial charge in [-0.15, -0.1) is 0 Å². The van der Waals surface area contributed by atoms with Gasteiger partial charge in [0, 0.05) is 23.7 Å². The maximum atomic E-state index is 14.4. The summed E-state index contributed by atoms with van der Waals surface area (Å²) in [5.74, 6) is 0.625. The molecule has 1 N–H and O–H groups in total. The van der Waals surface area contributed by atoms with E-state index in [-0.39, 0.29) is 35.3 Å². The lowest BCUT2D eigenvalue weighted by Crippen LogP contribution is -2.29. The Kier molecular flexibility index (Phi) is 4.87. The van der Waals surface area contributed by atoms with E-state index < -0.39 is 5.41 Å². The fourth-order valence-electron chi connectivity index (χ4n) is 5.89. The number of carbonyl (C=O) groups is 2. The summed E-state index contributed by atoms with van der Waals surface area (Å²) >= 11 is 0. The van der Waals surface area contributed by atoms with Crippen molar-refractivity contribution in [2.75, 3.05) is 5.32 Å². The zero-order valence-corrected chi connectivity index (χ0v) is 21.3. The van der Waals surface area contributed by atoms with E-state index in [0.29, 0.717) is 51.7 Å². The Morgan fingerprint density at radius 2 is 1.92 bits per heavy atom. The zero-order valence-electron chi connectivity index (χ0n) is 21.3. The summed E-state index contributed by atoms with van der Waals surface area (Å²) in [6.45, 7) is 3.76. The normalized spacial score (nSPS) is 18.9. The number of carbonyl (C=O) groups excluding carboxylic acids is 2. The molecule has 8 nitrogen and oxygen atoms in total. The van der Waals surface area contributed by atoms with Gasteiger partial charge in [-0.3, -0.25) is 9.59 Å². The second kappa shape index (κ2) is 7.99. The van der Waals surface area contributed by atoms with Gasteiger partial charge in [0.05, 0.1) is 17.3 Å². The first kappa shape index (κ1) is 23.1. The van der Waals surface area contributed by atoms with E-state index in [9.17, 15) is 14.0 Å². The number of anilines is 1. The number of ketones is 1. The van der Waals surface area contributed by atoms with Crippen LogP contribution in [0.25, 0.3) is 22.6 Å². The summed E-state index contributed by atoms with van der Waals surface area (Å²) in [5, 5.41) is 8.29. The summed E-state index contributed by atoms with van der Waals surface area (Å²) in [5.41, 5.74) is 1.47. The van der Waals surface area contributed by atoms with Crippen LogP contribution in [-0.4, -0.2) is 36.4 Å². The number of rotatable bonds is 7. The van der Waals surface area contributed by atoms with Crippen LogP contribution in [0.2, 0.25) is 0 Å². The molecule has 1 aromatic carbocycles.